The van der Waals surface area contributed by atoms with Crippen molar-refractivity contribution in [3.8, 4) is 0 Å². The lowest BCUT2D eigenvalue weighted by molar-refractivity contribution is -0.145. The van der Waals surface area contributed by atoms with E-state index in [4.69, 9.17) is 22.9 Å². The van der Waals surface area contributed by atoms with Crippen LogP contribution in [0.15, 0.2) is 30.3 Å². The van der Waals surface area contributed by atoms with E-state index in [1.54, 1.807) is 12.1 Å². The minimum absolute atomic E-state index is 0.0737. The molecule has 1 aromatic carbocycles. The van der Waals surface area contributed by atoms with Gasteiger partial charge in [0.1, 0.15) is 24.2 Å². The molecule has 0 aliphatic carbocycles. The zero-order chi connectivity index (χ0) is 40.6. The molecule has 0 aromatic heterocycles. The van der Waals surface area contributed by atoms with Gasteiger partial charge in [-0.05, 0) is 95.8 Å². The molecule has 306 valence electrons. The van der Waals surface area contributed by atoms with Crippen LogP contribution in [0.1, 0.15) is 90.5 Å². The van der Waals surface area contributed by atoms with Crippen LogP contribution >= 0.6 is 0 Å². The molecule has 17 nitrogen and oxygen atoms in total. The minimum Gasteiger partial charge on any atom is -0.480 e. The number of amides is 5. The molecular weight excluding hydrogens is 698 g/mol. The number of unbranched alkanes of at least 4 members (excludes halogenated alkanes) is 3. The van der Waals surface area contributed by atoms with Crippen LogP contribution in [0.4, 0.5) is 0 Å². The van der Waals surface area contributed by atoms with Gasteiger partial charge in [0.2, 0.25) is 29.5 Å². The lowest BCUT2D eigenvalue weighted by atomic mass is 9.99. The summed E-state index contributed by atoms with van der Waals surface area (Å²) in [7, 11) is 0. The Kier molecular flexibility index (Phi) is 23.6. The van der Waals surface area contributed by atoms with Gasteiger partial charge in [0.05, 0.1) is 12.1 Å². The quantitative estimate of drug-likeness (QED) is 0.0453. The highest BCUT2D eigenvalue weighted by Crippen LogP contribution is 2.11. The van der Waals surface area contributed by atoms with Crippen molar-refractivity contribution >= 4 is 35.5 Å². The molecular formula is C37H65N9O8. The zero-order valence-corrected chi connectivity index (χ0v) is 32.1. The number of carboxylic acid groups (broad SMARTS) is 1. The number of carbonyl (C=O) groups excluding carboxylic acids is 5. The Labute approximate surface area is 318 Å². The lowest BCUT2D eigenvalue weighted by Crippen LogP contribution is -2.60. The summed E-state index contributed by atoms with van der Waals surface area (Å²) in [5.41, 5.74) is 23.8. The molecule has 15 N–H and O–H groups in total. The fourth-order valence-corrected chi connectivity index (χ4v) is 5.66. The molecule has 0 saturated carbocycles. The smallest absolute Gasteiger partial charge is 0.328 e. The number of hydrogen-bond donors (Lipinski definition) is 11. The molecule has 0 unspecified atom stereocenters. The maximum absolute atomic E-state index is 13.9. The van der Waals surface area contributed by atoms with Gasteiger partial charge in [-0.3, -0.25) is 24.0 Å². The van der Waals surface area contributed by atoms with Gasteiger partial charge >= 0.3 is 5.97 Å². The Morgan fingerprint density at radius 1 is 0.593 bits per heavy atom. The number of rotatable bonds is 28. The molecule has 17 heteroatoms. The molecule has 5 amide bonds. The summed E-state index contributed by atoms with van der Waals surface area (Å²) in [5.74, 6) is -4.84. The van der Waals surface area contributed by atoms with Crippen molar-refractivity contribution in [3.63, 3.8) is 0 Å². The number of nitrogens with one attached hydrogen (secondary N) is 5. The van der Waals surface area contributed by atoms with E-state index in [9.17, 15) is 39.0 Å². The Balaban J connectivity index is 3.31. The normalized spacial score (nSPS) is 15.1. The number of nitrogens with two attached hydrogens (primary N) is 4. The first kappa shape index (κ1) is 47.9. The molecule has 0 saturated heterocycles. The van der Waals surface area contributed by atoms with Crippen LogP contribution < -0.4 is 49.5 Å². The summed E-state index contributed by atoms with van der Waals surface area (Å²) in [6.45, 7) is 6.07. The van der Waals surface area contributed by atoms with Gasteiger partial charge < -0.3 is 59.7 Å². The summed E-state index contributed by atoms with van der Waals surface area (Å²) in [6.07, 6.45) is 2.81. The van der Waals surface area contributed by atoms with E-state index < -0.39 is 77.9 Å². The molecule has 0 spiro atoms. The lowest BCUT2D eigenvalue weighted by Gasteiger charge is -2.28. The highest BCUT2D eigenvalue weighted by atomic mass is 16.4. The predicted molar refractivity (Wildman–Crippen MR) is 205 cm³/mol. The molecule has 1 rings (SSSR count). The van der Waals surface area contributed by atoms with Crippen molar-refractivity contribution < 1.29 is 39.0 Å². The SMILES string of the molecule is CC(C)C[C@H](NC(=O)[C@H](Cc1ccccc1)NC(=O)[C@@H](N)CCCCN)C(=O)N[C@@H](CCCCN)C(=O)N[C@@H](CCCCN)C(=O)N[C@H](C(=O)O)[C@@H](C)O. The van der Waals surface area contributed by atoms with Gasteiger partial charge in [0, 0.05) is 6.42 Å². The van der Waals surface area contributed by atoms with Gasteiger partial charge in [-0.2, -0.15) is 0 Å². The third kappa shape index (κ3) is 18.7. The summed E-state index contributed by atoms with van der Waals surface area (Å²) in [6, 6.07) is 2.04. The standard InChI is InChI=1S/C37H65N9O8/c1-23(2)21-29(45-36(52)30(22-25-13-5-4-6-14-25)44-32(48)26(41)15-7-10-18-38)35(51)43-27(16-8-11-19-39)33(49)42-28(17-9-12-20-40)34(50)46-31(24(3)47)37(53)54/h4-6,13-14,23-24,26-31,47H,7-12,15-22,38-41H2,1-3H3,(H,42,49)(H,43,51)(H,44,48)(H,45,52)(H,46,50)(H,53,54)/t24-,26+,27+,28+,29+,30+,31+/m1/s1. The van der Waals surface area contributed by atoms with E-state index in [0.717, 1.165) is 5.56 Å². The van der Waals surface area contributed by atoms with E-state index >= 15 is 0 Å². The van der Waals surface area contributed by atoms with Crippen LogP contribution in [-0.2, 0) is 35.2 Å². The van der Waals surface area contributed by atoms with E-state index in [2.05, 4.69) is 26.6 Å². The van der Waals surface area contributed by atoms with Crippen molar-refractivity contribution in [2.45, 2.75) is 134 Å². The molecule has 0 aliphatic rings. The number of benzene rings is 1. The number of aliphatic hydroxyl groups excluding tert-OH is 1. The zero-order valence-electron chi connectivity index (χ0n) is 32.1. The number of carboxylic acids is 1. The Hall–Kier alpha value is -4.16. The van der Waals surface area contributed by atoms with E-state index in [0.29, 0.717) is 64.6 Å². The summed E-state index contributed by atoms with van der Waals surface area (Å²) < 4.78 is 0. The number of carbonyl (C=O) groups is 6. The van der Waals surface area contributed by atoms with Gasteiger partial charge in [0.15, 0.2) is 6.04 Å². The predicted octanol–water partition coefficient (Wildman–Crippen LogP) is -1.12. The summed E-state index contributed by atoms with van der Waals surface area (Å²) >= 11 is 0. The Morgan fingerprint density at radius 2 is 1.02 bits per heavy atom. The molecule has 54 heavy (non-hydrogen) atoms. The van der Waals surface area contributed by atoms with E-state index in [1.807, 2.05) is 32.0 Å². The molecule has 7 atom stereocenters. The molecule has 0 bridgehead atoms. The van der Waals surface area contributed by atoms with Crippen molar-refractivity contribution in [1.29, 1.82) is 0 Å². The number of aliphatic carboxylic acids is 1. The number of aliphatic hydroxyl groups is 1. The Morgan fingerprint density at radius 3 is 1.48 bits per heavy atom. The van der Waals surface area contributed by atoms with E-state index in [-0.39, 0.29) is 31.6 Å². The van der Waals surface area contributed by atoms with Crippen LogP contribution in [0.25, 0.3) is 0 Å². The molecule has 0 radical (unpaired) electrons. The second-order valence-corrected chi connectivity index (χ2v) is 14.1. The first-order chi connectivity index (χ1) is 25.6. The maximum Gasteiger partial charge on any atom is 0.328 e. The van der Waals surface area contributed by atoms with Crippen molar-refractivity contribution in [2.75, 3.05) is 19.6 Å². The van der Waals surface area contributed by atoms with Crippen LogP contribution in [0.3, 0.4) is 0 Å². The second-order valence-electron chi connectivity index (χ2n) is 14.1. The topological polar surface area (TPSA) is 307 Å². The van der Waals surface area contributed by atoms with Gasteiger partial charge in [-0.1, -0.05) is 50.6 Å². The second kappa shape index (κ2) is 26.6. The van der Waals surface area contributed by atoms with Crippen molar-refractivity contribution in [3.05, 3.63) is 35.9 Å². The van der Waals surface area contributed by atoms with E-state index in [1.165, 1.54) is 6.92 Å². The maximum atomic E-state index is 13.9. The summed E-state index contributed by atoms with van der Waals surface area (Å²) in [4.78, 5) is 79.4. The van der Waals surface area contributed by atoms with Gasteiger partial charge in [-0.25, -0.2) is 4.79 Å². The highest BCUT2D eigenvalue weighted by Gasteiger charge is 2.34. The van der Waals surface area contributed by atoms with Crippen LogP contribution in [0, 0.1) is 5.92 Å². The van der Waals surface area contributed by atoms with Gasteiger partial charge in [-0.15, -0.1) is 0 Å². The van der Waals surface area contributed by atoms with Crippen molar-refractivity contribution in [2.24, 2.45) is 28.9 Å². The minimum atomic E-state index is -1.62. The van der Waals surface area contributed by atoms with Crippen molar-refractivity contribution in [1.82, 2.24) is 26.6 Å². The van der Waals surface area contributed by atoms with Gasteiger partial charge in [0.25, 0.3) is 0 Å². The first-order valence-corrected chi connectivity index (χ1v) is 19.0. The monoisotopic (exact) mass is 763 g/mol. The van der Waals surface area contributed by atoms with Crippen LogP contribution in [0.5, 0.6) is 0 Å². The largest absolute Gasteiger partial charge is 0.480 e. The van der Waals surface area contributed by atoms with Crippen LogP contribution in [0.2, 0.25) is 0 Å². The molecule has 1 aromatic rings. The highest BCUT2D eigenvalue weighted by molar-refractivity contribution is 5.96. The Bertz CT molecular complexity index is 1300. The summed E-state index contributed by atoms with van der Waals surface area (Å²) in [5, 5.41) is 32.6. The average molecular weight is 764 g/mol. The average Bonchev–Trinajstić information content (AvgIpc) is 3.12. The fourth-order valence-electron chi connectivity index (χ4n) is 5.66. The molecule has 0 fully saturated rings. The number of hydrogen-bond acceptors (Lipinski definition) is 11. The third-order valence-electron chi connectivity index (χ3n) is 8.77. The molecule has 0 aliphatic heterocycles. The van der Waals surface area contributed by atoms with Crippen LogP contribution in [-0.4, -0.2) is 108 Å². The third-order valence-corrected chi connectivity index (χ3v) is 8.77. The fraction of sp³-hybridized carbons (Fsp3) is 0.676. The molecule has 0 heterocycles. The first-order valence-electron chi connectivity index (χ1n) is 19.0.